The quantitative estimate of drug-likeness (QED) is 0.405. The van der Waals surface area contributed by atoms with Crippen molar-refractivity contribution < 1.29 is 9.47 Å². The molecule has 3 heteroatoms. The summed E-state index contributed by atoms with van der Waals surface area (Å²) in [5.74, 6) is 4.00. The Labute approximate surface area is 152 Å². The van der Waals surface area contributed by atoms with E-state index >= 15 is 0 Å². The molecule has 0 N–H and O–H groups in total. The number of ether oxygens (including phenoxy) is 2. The monoisotopic (exact) mass is 336 g/mol. The van der Waals surface area contributed by atoms with E-state index in [2.05, 4.69) is 43.3 Å². The van der Waals surface area contributed by atoms with Crippen LogP contribution in [0.2, 0.25) is 0 Å². The summed E-state index contributed by atoms with van der Waals surface area (Å²) in [5.41, 5.74) is 10.9. The highest BCUT2D eigenvalue weighted by Gasteiger charge is 2.41. The first-order valence-electron chi connectivity index (χ1n) is 9.56. The summed E-state index contributed by atoms with van der Waals surface area (Å²) in [7, 11) is 0. The van der Waals surface area contributed by atoms with Crippen LogP contribution in [0.25, 0.3) is 0 Å². The smallest absolute Gasteiger partial charge is 0.260 e. The van der Waals surface area contributed by atoms with Crippen molar-refractivity contribution in [3.8, 4) is 23.0 Å². The van der Waals surface area contributed by atoms with Crippen LogP contribution in [-0.4, -0.2) is 6.71 Å². The van der Waals surface area contributed by atoms with Gasteiger partial charge in [-0.25, -0.2) is 0 Å². The molecule has 0 atom stereocenters. The van der Waals surface area contributed by atoms with Crippen LogP contribution in [0, 0.1) is 6.92 Å². The van der Waals surface area contributed by atoms with Gasteiger partial charge >= 0.3 is 0 Å². The number of rotatable bonds is 0. The predicted molar refractivity (Wildman–Crippen MR) is 104 cm³/mol. The van der Waals surface area contributed by atoms with E-state index in [4.69, 9.17) is 9.47 Å². The first-order chi connectivity index (χ1) is 12.7. The molecule has 3 aromatic rings. The normalized spacial score (nSPS) is 16.6. The van der Waals surface area contributed by atoms with E-state index in [1.54, 1.807) is 0 Å². The zero-order valence-electron chi connectivity index (χ0n) is 14.7. The van der Waals surface area contributed by atoms with Crippen LogP contribution < -0.4 is 25.9 Å². The molecular weight excluding hydrogens is 319 g/mol. The average molecular weight is 336 g/mol. The lowest BCUT2D eigenvalue weighted by atomic mass is 9.34. The summed E-state index contributed by atoms with van der Waals surface area (Å²) < 4.78 is 12.8. The maximum absolute atomic E-state index is 6.38. The average Bonchev–Trinajstić information content (AvgIpc) is 2.58. The molecule has 0 saturated carbocycles. The van der Waals surface area contributed by atoms with Crippen LogP contribution in [0.1, 0.15) is 27.8 Å². The third kappa shape index (κ3) is 1.55. The molecular formula is C23H17BO2. The molecule has 3 aromatic carbocycles. The van der Waals surface area contributed by atoms with Crippen molar-refractivity contribution in [3.63, 3.8) is 0 Å². The molecule has 0 spiro atoms. The van der Waals surface area contributed by atoms with Gasteiger partial charge in [-0.2, -0.15) is 0 Å². The molecule has 0 radical (unpaired) electrons. The fourth-order valence-electron chi connectivity index (χ4n) is 5.02. The maximum Gasteiger partial charge on any atom is 0.260 e. The van der Waals surface area contributed by atoms with Gasteiger partial charge in [0.25, 0.3) is 6.71 Å². The minimum absolute atomic E-state index is 0.227. The number of hydrogen-bond acceptors (Lipinski definition) is 2. The Morgan fingerprint density at radius 1 is 0.615 bits per heavy atom. The Balaban J connectivity index is 1.56. The van der Waals surface area contributed by atoms with E-state index in [1.165, 1.54) is 69.9 Å². The van der Waals surface area contributed by atoms with Crippen molar-refractivity contribution in [1.82, 2.24) is 0 Å². The molecule has 4 aliphatic rings. The van der Waals surface area contributed by atoms with Crippen LogP contribution in [-0.2, 0) is 25.7 Å². The molecule has 2 nitrogen and oxygen atoms in total. The summed E-state index contributed by atoms with van der Waals surface area (Å²) in [6.45, 7) is 2.34. The Bertz CT molecular complexity index is 1070. The second-order valence-corrected chi connectivity index (χ2v) is 8.13. The lowest BCUT2D eigenvalue weighted by Crippen LogP contribution is -2.58. The highest BCUT2D eigenvalue weighted by atomic mass is 16.5. The molecule has 0 bridgehead atoms. The third-order valence-electron chi connectivity index (χ3n) is 6.59. The Morgan fingerprint density at radius 2 is 1.08 bits per heavy atom. The number of hydrogen-bond donors (Lipinski definition) is 0. The zero-order valence-corrected chi connectivity index (χ0v) is 14.7. The molecule has 0 saturated heterocycles. The van der Waals surface area contributed by atoms with Crippen molar-refractivity contribution >= 4 is 23.1 Å². The number of aryl methyl sites for hydroxylation is 5. The first-order valence-corrected chi connectivity index (χ1v) is 9.56. The van der Waals surface area contributed by atoms with Gasteiger partial charge < -0.3 is 9.47 Å². The zero-order chi connectivity index (χ0) is 17.0. The second kappa shape index (κ2) is 4.35. The van der Waals surface area contributed by atoms with Gasteiger partial charge in [-0.1, -0.05) is 12.1 Å². The van der Waals surface area contributed by atoms with Crippen molar-refractivity contribution in [3.05, 3.63) is 64.2 Å². The Hall–Kier alpha value is -2.68. The van der Waals surface area contributed by atoms with Crippen molar-refractivity contribution in [1.29, 1.82) is 0 Å². The highest BCUT2D eigenvalue weighted by molar-refractivity contribution is 6.98. The molecule has 0 fully saturated rings. The summed E-state index contributed by atoms with van der Waals surface area (Å²) in [5, 5.41) is 0. The molecule has 0 aromatic heterocycles. The Kier molecular flexibility index (Phi) is 2.26. The van der Waals surface area contributed by atoms with Gasteiger partial charge in [-0.15, -0.1) is 0 Å². The molecule has 0 unspecified atom stereocenters. The molecule has 2 aliphatic heterocycles. The molecule has 7 rings (SSSR count). The van der Waals surface area contributed by atoms with Gasteiger partial charge in [-0.3, -0.25) is 0 Å². The summed E-state index contributed by atoms with van der Waals surface area (Å²) in [6, 6.07) is 13.6. The van der Waals surface area contributed by atoms with Gasteiger partial charge in [0, 0.05) is 5.46 Å². The first kappa shape index (κ1) is 13.5. The largest absolute Gasteiger partial charge is 0.458 e. The van der Waals surface area contributed by atoms with Crippen LogP contribution in [0.5, 0.6) is 23.0 Å². The van der Waals surface area contributed by atoms with Gasteiger partial charge in [0.15, 0.2) is 0 Å². The highest BCUT2D eigenvalue weighted by Crippen LogP contribution is 2.39. The van der Waals surface area contributed by atoms with Crippen molar-refractivity contribution in [2.45, 2.75) is 32.6 Å². The third-order valence-corrected chi connectivity index (χ3v) is 6.59. The Morgan fingerprint density at radius 3 is 1.54 bits per heavy atom. The van der Waals surface area contributed by atoms with Gasteiger partial charge in [0.1, 0.15) is 23.0 Å². The van der Waals surface area contributed by atoms with Gasteiger partial charge in [0.05, 0.1) is 0 Å². The fraction of sp³-hybridized carbons (Fsp3) is 0.217. The number of fused-ring (bicyclic) bond motifs is 6. The van der Waals surface area contributed by atoms with E-state index in [0.29, 0.717) is 0 Å². The van der Waals surface area contributed by atoms with Gasteiger partial charge in [-0.05, 0) is 95.6 Å². The lowest BCUT2D eigenvalue weighted by molar-refractivity contribution is 0.462. The molecule has 0 amide bonds. The molecule has 124 valence electrons. The van der Waals surface area contributed by atoms with Gasteiger partial charge in [0.2, 0.25) is 0 Å². The van der Waals surface area contributed by atoms with E-state index < -0.39 is 0 Å². The molecule has 2 heterocycles. The molecule has 26 heavy (non-hydrogen) atoms. The lowest BCUT2D eigenvalue weighted by Gasteiger charge is -2.36. The van der Waals surface area contributed by atoms with E-state index in [0.717, 1.165) is 23.0 Å². The maximum atomic E-state index is 6.38. The minimum Gasteiger partial charge on any atom is -0.458 e. The summed E-state index contributed by atoms with van der Waals surface area (Å²) in [6.07, 6.45) is 4.73. The summed E-state index contributed by atoms with van der Waals surface area (Å²) >= 11 is 0. The second-order valence-electron chi connectivity index (χ2n) is 8.13. The van der Waals surface area contributed by atoms with Crippen molar-refractivity contribution in [2.75, 3.05) is 0 Å². The van der Waals surface area contributed by atoms with Crippen LogP contribution >= 0.6 is 0 Å². The predicted octanol–water partition coefficient (Wildman–Crippen LogP) is 2.92. The topological polar surface area (TPSA) is 18.5 Å². The van der Waals surface area contributed by atoms with Crippen LogP contribution in [0.4, 0.5) is 0 Å². The standard InChI is InChI=1S/C23H17BO2/c1-12-6-21-23-22(7-12)26-20-11-16-5-3-14(16)9-18(20)24(23)17-8-13-2-4-15(13)10-19(17)25-21/h6-11H,2-5H2,1H3. The SMILES string of the molecule is Cc1cc2c3c(c1)Oc1cc4c(cc1B3c1cc3c(cc1O2)CC3)CC4. The van der Waals surface area contributed by atoms with Crippen LogP contribution in [0.3, 0.4) is 0 Å². The fourth-order valence-corrected chi connectivity index (χ4v) is 5.02. The van der Waals surface area contributed by atoms with Crippen molar-refractivity contribution in [2.24, 2.45) is 0 Å². The number of benzene rings is 3. The van der Waals surface area contributed by atoms with E-state index in [9.17, 15) is 0 Å². The van der Waals surface area contributed by atoms with Crippen LogP contribution in [0.15, 0.2) is 36.4 Å². The molecule has 2 aliphatic carbocycles. The minimum atomic E-state index is 0.227. The van der Waals surface area contributed by atoms with E-state index in [1.807, 2.05) is 0 Å². The van der Waals surface area contributed by atoms with E-state index in [-0.39, 0.29) is 6.71 Å². The summed E-state index contributed by atoms with van der Waals surface area (Å²) in [4.78, 5) is 0.